The number of Topliss-reactive ketones (excluding diaryl/α,β-unsaturated/α-hetero) is 1. The lowest BCUT2D eigenvalue weighted by Gasteiger charge is -2.06. The summed E-state index contributed by atoms with van der Waals surface area (Å²) in [5, 5.41) is 11.4. The average molecular weight is 480 g/mol. The Kier molecular flexibility index (Phi) is 6.92. The van der Waals surface area contributed by atoms with Gasteiger partial charge in [-0.05, 0) is 26.0 Å². The quantitative estimate of drug-likeness (QED) is 0.386. The zero-order valence-electron chi connectivity index (χ0n) is 17.4. The summed E-state index contributed by atoms with van der Waals surface area (Å²) < 4.78 is 26.8. The van der Waals surface area contributed by atoms with Crippen molar-refractivity contribution in [2.75, 3.05) is 11.1 Å². The van der Waals surface area contributed by atoms with Crippen LogP contribution in [0.15, 0.2) is 34.3 Å². The summed E-state index contributed by atoms with van der Waals surface area (Å²) in [5.74, 6) is -0.392. The molecule has 164 valence electrons. The lowest BCUT2D eigenvalue weighted by molar-refractivity contribution is -0.113. The molecule has 0 atom stereocenters. The number of carbonyl (C=O) groups excluding carboxylic acids is 2. The molecule has 0 saturated heterocycles. The Morgan fingerprint density at radius 1 is 1.16 bits per heavy atom. The van der Waals surface area contributed by atoms with Crippen LogP contribution in [-0.2, 0) is 27.4 Å². The number of hydrogen-bond donors (Lipinski definition) is 1. The average Bonchev–Trinajstić information content (AvgIpc) is 3.23. The number of thioether (sulfide) groups is 1. The Labute approximate surface area is 188 Å². The van der Waals surface area contributed by atoms with Gasteiger partial charge in [0.05, 0.1) is 21.2 Å². The molecule has 2 aromatic heterocycles. The number of carbonyl (C=O) groups is 2. The van der Waals surface area contributed by atoms with Crippen molar-refractivity contribution in [2.24, 2.45) is 7.05 Å². The SMILES string of the molecule is CC(=O)c1sc(NC(=O)CSc2nnc(CS(=O)(=O)c3ccc(C)cc3)n2C)nc1C. The zero-order chi connectivity index (χ0) is 22.8. The third kappa shape index (κ3) is 5.57. The third-order valence-electron chi connectivity index (χ3n) is 4.32. The summed E-state index contributed by atoms with van der Waals surface area (Å²) in [6.07, 6.45) is 0. The number of anilines is 1. The second-order valence-corrected chi connectivity index (χ2v) is 10.8. The molecule has 0 spiro atoms. The van der Waals surface area contributed by atoms with E-state index in [-0.39, 0.29) is 33.9 Å². The van der Waals surface area contributed by atoms with Crippen molar-refractivity contribution in [3.63, 3.8) is 0 Å². The predicted octanol–water partition coefficient (Wildman–Crippen LogP) is 2.80. The number of rotatable bonds is 8. The number of aryl methyl sites for hydroxylation is 2. The normalized spacial score (nSPS) is 11.5. The maximum absolute atomic E-state index is 12.6. The first kappa shape index (κ1) is 23.1. The van der Waals surface area contributed by atoms with Crippen molar-refractivity contribution >= 4 is 49.8 Å². The van der Waals surface area contributed by atoms with Gasteiger partial charge in [-0.2, -0.15) is 0 Å². The molecule has 0 radical (unpaired) electrons. The zero-order valence-corrected chi connectivity index (χ0v) is 19.8. The van der Waals surface area contributed by atoms with Crippen LogP contribution >= 0.6 is 23.1 Å². The molecule has 12 heteroatoms. The molecule has 1 aromatic carbocycles. The molecular formula is C19H21N5O4S3. The molecular weight excluding hydrogens is 458 g/mol. The Morgan fingerprint density at radius 3 is 2.45 bits per heavy atom. The smallest absolute Gasteiger partial charge is 0.236 e. The molecule has 0 aliphatic carbocycles. The highest BCUT2D eigenvalue weighted by atomic mass is 32.2. The fourth-order valence-electron chi connectivity index (χ4n) is 2.66. The van der Waals surface area contributed by atoms with Gasteiger partial charge in [0.15, 0.2) is 25.9 Å². The van der Waals surface area contributed by atoms with Gasteiger partial charge in [-0.25, -0.2) is 13.4 Å². The van der Waals surface area contributed by atoms with Crippen LogP contribution in [0.5, 0.6) is 0 Å². The van der Waals surface area contributed by atoms with Crippen molar-refractivity contribution in [1.29, 1.82) is 0 Å². The van der Waals surface area contributed by atoms with Crippen LogP contribution in [-0.4, -0.2) is 45.6 Å². The summed E-state index contributed by atoms with van der Waals surface area (Å²) in [6.45, 7) is 5.05. The standard InChI is InChI=1S/C19H21N5O4S3/c1-11-5-7-14(8-6-11)31(27,28)10-15-22-23-19(24(15)4)29-9-16(26)21-18-20-12(2)17(30-18)13(3)25/h5-8H,9-10H2,1-4H3,(H,20,21,26). The molecule has 0 fully saturated rings. The van der Waals surface area contributed by atoms with E-state index in [0.717, 1.165) is 28.7 Å². The van der Waals surface area contributed by atoms with E-state index in [0.29, 0.717) is 20.9 Å². The van der Waals surface area contributed by atoms with Crippen molar-refractivity contribution in [3.8, 4) is 0 Å². The number of nitrogens with one attached hydrogen (secondary N) is 1. The molecule has 0 unspecified atom stereocenters. The minimum atomic E-state index is -3.57. The van der Waals surface area contributed by atoms with Crippen molar-refractivity contribution in [3.05, 3.63) is 46.2 Å². The topological polar surface area (TPSA) is 124 Å². The minimum absolute atomic E-state index is 0.0325. The Balaban J connectivity index is 1.62. The first-order chi connectivity index (χ1) is 14.6. The molecule has 0 aliphatic heterocycles. The second kappa shape index (κ2) is 9.28. The van der Waals surface area contributed by atoms with E-state index in [1.54, 1.807) is 42.8 Å². The van der Waals surface area contributed by atoms with Gasteiger partial charge >= 0.3 is 0 Å². The van der Waals surface area contributed by atoms with E-state index < -0.39 is 9.84 Å². The molecule has 3 aromatic rings. The first-order valence-electron chi connectivity index (χ1n) is 9.15. The summed E-state index contributed by atoms with van der Waals surface area (Å²) >= 11 is 2.26. The van der Waals surface area contributed by atoms with Crippen molar-refractivity contribution in [1.82, 2.24) is 19.7 Å². The number of amides is 1. The minimum Gasteiger partial charge on any atom is -0.308 e. The molecule has 1 N–H and O–H groups in total. The number of benzene rings is 1. The fourth-order valence-corrected chi connectivity index (χ4v) is 5.57. The molecule has 9 nitrogen and oxygen atoms in total. The lowest BCUT2D eigenvalue weighted by atomic mass is 10.2. The Morgan fingerprint density at radius 2 is 1.84 bits per heavy atom. The second-order valence-electron chi connectivity index (χ2n) is 6.86. The highest BCUT2D eigenvalue weighted by Gasteiger charge is 2.21. The number of nitrogens with zero attached hydrogens (tertiary/aromatic N) is 4. The van der Waals surface area contributed by atoms with Crippen molar-refractivity contribution in [2.45, 2.75) is 36.6 Å². The van der Waals surface area contributed by atoms with E-state index in [2.05, 4.69) is 20.5 Å². The van der Waals surface area contributed by atoms with Crippen LogP contribution in [0.2, 0.25) is 0 Å². The van der Waals surface area contributed by atoms with Gasteiger partial charge in [0.1, 0.15) is 11.6 Å². The van der Waals surface area contributed by atoms with Crippen LogP contribution in [0, 0.1) is 13.8 Å². The monoisotopic (exact) mass is 479 g/mol. The van der Waals surface area contributed by atoms with Crippen LogP contribution in [0.1, 0.15) is 33.7 Å². The molecule has 3 rings (SSSR count). The molecule has 31 heavy (non-hydrogen) atoms. The summed E-state index contributed by atoms with van der Waals surface area (Å²) in [7, 11) is -1.91. The van der Waals surface area contributed by atoms with E-state index in [1.807, 2.05) is 6.92 Å². The number of sulfone groups is 1. The van der Waals surface area contributed by atoms with Gasteiger partial charge in [-0.1, -0.05) is 40.8 Å². The highest BCUT2D eigenvalue weighted by Crippen LogP contribution is 2.24. The van der Waals surface area contributed by atoms with Crippen molar-refractivity contribution < 1.29 is 18.0 Å². The number of ketones is 1. The number of hydrogen-bond acceptors (Lipinski definition) is 9. The van der Waals surface area contributed by atoms with E-state index in [1.165, 1.54) is 6.92 Å². The summed E-state index contributed by atoms with van der Waals surface area (Å²) in [6, 6.07) is 6.62. The Bertz CT molecular complexity index is 1230. The van der Waals surface area contributed by atoms with Crippen LogP contribution < -0.4 is 5.32 Å². The molecule has 0 saturated carbocycles. The molecule has 0 aliphatic rings. The number of thiazole rings is 1. The van der Waals surface area contributed by atoms with E-state index >= 15 is 0 Å². The fraction of sp³-hybridized carbons (Fsp3) is 0.316. The number of aromatic nitrogens is 4. The molecule has 0 bridgehead atoms. The molecule has 2 heterocycles. The summed E-state index contributed by atoms with van der Waals surface area (Å²) in [5.41, 5.74) is 1.55. The lowest BCUT2D eigenvalue weighted by Crippen LogP contribution is -2.14. The van der Waals surface area contributed by atoms with Gasteiger partial charge in [-0.3, -0.25) is 9.59 Å². The highest BCUT2D eigenvalue weighted by molar-refractivity contribution is 7.99. The molecule has 1 amide bonds. The predicted molar refractivity (Wildman–Crippen MR) is 119 cm³/mol. The van der Waals surface area contributed by atoms with Gasteiger partial charge in [0.25, 0.3) is 0 Å². The van der Waals surface area contributed by atoms with Gasteiger partial charge in [0, 0.05) is 14.0 Å². The van der Waals surface area contributed by atoms with Gasteiger partial charge < -0.3 is 9.88 Å². The van der Waals surface area contributed by atoms with Crippen LogP contribution in [0.25, 0.3) is 0 Å². The third-order valence-corrected chi connectivity index (χ3v) is 8.14. The Hall–Kier alpha value is -2.57. The largest absolute Gasteiger partial charge is 0.308 e. The van der Waals surface area contributed by atoms with Gasteiger partial charge in [-0.15, -0.1) is 10.2 Å². The van der Waals surface area contributed by atoms with Crippen LogP contribution in [0.4, 0.5) is 5.13 Å². The van der Waals surface area contributed by atoms with Gasteiger partial charge in [0.2, 0.25) is 5.91 Å². The van der Waals surface area contributed by atoms with E-state index in [4.69, 9.17) is 0 Å². The maximum atomic E-state index is 12.6. The van der Waals surface area contributed by atoms with Crippen LogP contribution in [0.3, 0.4) is 0 Å². The summed E-state index contributed by atoms with van der Waals surface area (Å²) in [4.78, 5) is 28.7. The first-order valence-corrected chi connectivity index (χ1v) is 12.6. The van der Waals surface area contributed by atoms with E-state index in [9.17, 15) is 18.0 Å². The maximum Gasteiger partial charge on any atom is 0.236 e.